The fraction of sp³-hybridized carbons (Fsp3) is 0.429. The second-order valence-corrected chi connectivity index (χ2v) is 6.55. The van der Waals surface area contributed by atoms with Crippen LogP contribution in [0.4, 0.5) is 5.69 Å². The molecular weight excluding hydrogens is 393 g/mol. The van der Waals surface area contributed by atoms with Crippen LogP contribution in [0.3, 0.4) is 0 Å². The molecule has 1 amide bonds. The molecular formula is C14H15ClINO3. The summed E-state index contributed by atoms with van der Waals surface area (Å²) in [6.07, 6.45) is 2.98. The van der Waals surface area contributed by atoms with E-state index in [9.17, 15) is 14.7 Å². The summed E-state index contributed by atoms with van der Waals surface area (Å²) in [5.41, 5.74) is 0.676. The first-order valence-corrected chi connectivity index (χ1v) is 7.93. The number of aliphatic carboxylic acids is 1. The van der Waals surface area contributed by atoms with Gasteiger partial charge in [0.05, 0.1) is 17.5 Å². The highest BCUT2D eigenvalue weighted by Crippen LogP contribution is 2.32. The topological polar surface area (TPSA) is 66.4 Å². The first-order valence-electron chi connectivity index (χ1n) is 6.48. The first kappa shape index (κ1) is 15.6. The molecule has 0 aliphatic heterocycles. The van der Waals surface area contributed by atoms with Crippen LogP contribution in [0.15, 0.2) is 18.2 Å². The molecule has 0 bridgehead atoms. The van der Waals surface area contributed by atoms with E-state index in [1.54, 1.807) is 18.2 Å². The van der Waals surface area contributed by atoms with E-state index in [4.69, 9.17) is 11.6 Å². The van der Waals surface area contributed by atoms with Crippen molar-refractivity contribution < 1.29 is 14.7 Å². The number of hydrogen-bond donors (Lipinski definition) is 2. The van der Waals surface area contributed by atoms with Gasteiger partial charge in [-0.1, -0.05) is 24.4 Å². The number of carbonyl (C=O) groups is 2. The Balaban J connectivity index is 2.12. The van der Waals surface area contributed by atoms with Gasteiger partial charge in [0.15, 0.2) is 0 Å². The highest BCUT2D eigenvalue weighted by Gasteiger charge is 2.35. The normalized spacial score (nSPS) is 22.3. The van der Waals surface area contributed by atoms with Crippen molar-refractivity contribution in [3.8, 4) is 0 Å². The quantitative estimate of drug-likeness (QED) is 0.750. The third kappa shape index (κ3) is 3.63. The van der Waals surface area contributed by atoms with Gasteiger partial charge in [0.25, 0.3) is 0 Å². The number of benzene rings is 1. The smallest absolute Gasteiger partial charge is 0.307 e. The van der Waals surface area contributed by atoms with Gasteiger partial charge in [0.1, 0.15) is 0 Å². The first-order chi connectivity index (χ1) is 9.49. The Morgan fingerprint density at radius 2 is 1.90 bits per heavy atom. The average Bonchev–Trinajstić information content (AvgIpc) is 2.41. The van der Waals surface area contributed by atoms with Crippen LogP contribution in [0.5, 0.6) is 0 Å². The molecule has 0 aromatic heterocycles. The van der Waals surface area contributed by atoms with E-state index >= 15 is 0 Å². The summed E-state index contributed by atoms with van der Waals surface area (Å²) in [4.78, 5) is 23.5. The van der Waals surface area contributed by atoms with Crippen LogP contribution in [0.2, 0.25) is 5.02 Å². The third-order valence-electron chi connectivity index (χ3n) is 3.61. The number of anilines is 1. The van der Waals surface area contributed by atoms with E-state index in [0.29, 0.717) is 23.6 Å². The Kier molecular flexibility index (Phi) is 5.26. The van der Waals surface area contributed by atoms with Gasteiger partial charge in [-0.15, -0.1) is 0 Å². The predicted molar refractivity (Wildman–Crippen MR) is 85.9 cm³/mol. The maximum atomic E-state index is 12.3. The van der Waals surface area contributed by atoms with Crippen LogP contribution in [0.1, 0.15) is 25.7 Å². The van der Waals surface area contributed by atoms with Crippen molar-refractivity contribution >= 4 is 51.8 Å². The molecule has 2 N–H and O–H groups in total. The van der Waals surface area contributed by atoms with Crippen molar-refractivity contribution in [1.29, 1.82) is 0 Å². The minimum Gasteiger partial charge on any atom is -0.481 e. The van der Waals surface area contributed by atoms with Gasteiger partial charge in [-0.2, -0.15) is 0 Å². The number of hydrogen-bond acceptors (Lipinski definition) is 2. The van der Waals surface area contributed by atoms with Crippen molar-refractivity contribution in [2.75, 3.05) is 5.32 Å². The molecule has 1 aliphatic carbocycles. The Labute approximate surface area is 136 Å². The Bertz CT molecular complexity index is 535. The summed E-state index contributed by atoms with van der Waals surface area (Å²) in [6, 6.07) is 5.20. The molecule has 2 unspecified atom stereocenters. The zero-order chi connectivity index (χ0) is 14.7. The number of carboxylic acid groups (broad SMARTS) is 1. The minimum absolute atomic E-state index is 0.211. The summed E-state index contributed by atoms with van der Waals surface area (Å²) >= 11 is 7.97. The van der Waals surface area contributed by atoms with Gasteiger partial charge in [0.2, 0.25) is 5.91 Å². The van der Waals surface area contributed by atoms with Crippen LogP contribution < -0.4 is 5.32 Å². The zero-order valence-corrected chi connectivity index (χ0v) is 13.6. The molecule has 2 atom stereocenters. The summed E-state index contributed by atoms with van der Waals surface area (Å²) < 4.78 is 0.839. The molecule has 0 spiro atoms. The molecule has 20 heavy (non-hydrogen) atoms. The molecule has 108 valence electrons. The standard InChI is InChI=1S/C14H15ClINO3/c15-8-5-6-12(11(16)7-8)17-13(18)9-3-1-2-4-10(9)14(19)20/h5-7,9-10H,1-4H2,(H,17,18)(H,19,20). The van der Waals surface area contributed by atoms with Gasteiger partial charge in [-0.05, 0) is 53.6 Å². The fourth-order valence-corrected chi connectivity index (χ4v) is 3.56. The van der Waals surface area contributed by atoms with E-state index in [2.05, 4.69) is 27.9 Å². The van der Waals surface area contributed by atoms with Crippen molar-refractivity contribution in [2.45, 2.75) is 25.7 Å². The van der Waals surface area contributed by atoms with Crippen LogP contribution in [0, 0.1) is 15.4 Å². The lowest BCUT2D eigenvalue weighted by molar-refractivity contribution is -0.147. The van der Waals surface area contributed by atoms with Gasteiger partial charge < -0.3 is 10.4 Å². The molecule has 1 aromatic rings. The number of rotatable bonds is 3. The minimum atomic E-state index is -0.879. The van der Waals surface area contributed by atoms with Crippen molar-refractivity contribution in [2.24, 2.45) is 11.8 Å². The lowest BCUT2D eigenvalue weighted by atomic mass is 9.78. The molecule has 0 radical (unpaired) electrons. The lowest BCUT2D eigenvalue weighted by Crippen LogP contribution is -2.36. The van der Waals surface area contributed by atoms with Crippen LogP contribution >= 0.6 is 34.2 Å². The molecule has 2 rings (SSSR count). The maximum absolute atomic E-state index is 12.3. The van der Waals surface area contributed by atoms with E-state index in [-0.39, 0.29) is 5.91 Å². The Hall–Kier alpha value is -0.820. The molecule has 1 fully saturated rings. The van der Waals surface area contributed by atoms with Crippen LogP contribution in [-0.2, 0) is 9.59 Å². The van der Waals surface area contributed by atoms with E-state index in [1.165, 1.54) is 0 Å². The molecule has 1 saturated carbocycles. The number of nitrogens with one attached hydrogen (secondary N) is 1. The highest BCUT2D eigenvalue weighted by atomic mass is 127. The fourth-order valence-electron chi connectivity index (χ4n) is 2.56. The summed E-state index contributed by atoms with van der Waals surface area (Å²) in [5.74, 6) is -2.12. The molecule has 0 heterocycles. The molecule has 0 saturated heterocycles. The number of amides is 1. The largest absolute Gasteiger partial charge is 0.481 e. The van der Waals surface area contributed by atoms with Gasteiger partial charge in [-0.3, -0.25) is 9.59 Å². The van der Waals surface area contributed by atoms with Gasteiger partial charge in [-0.25, -0.2) is 0 Å². The monoisotopic (exact) mass is 407 g/mol. The lowest BCUT2D eigenvalue weighted by Gasteiger charge is -2.27. The zero-order valence-electron chi connectivity index (χ0n) is 10.7. The number of carbonyl (C=O) groups excluding carboxylic acids is 1. The SMILES string of the molecule is O=C(O)C1CCCCC1C(=O)Nc1ccc(Cl)cc1I. The predicted octanol–water partition coefficient (Wildman–Crippen LogP) is 3.77. The Morgan fingerprint density at radius 1 is 1.25 bits per heavy atom. The summed E-state index contributed by atoms with van der Waals surface area (Å²) in [5, 5.41) is 12.6. The van der Waals surface area contributed by atoms with E-state index < -0.39 is 17.8 Å². The molecule has 1 aromatic carbocycles. The van der Waals surface area contributed by atoms with Crippen molar-refractivity contribution in [1.82, 2.24) is 0 Å². The molecule has 4 nitrogen and oxygen atoms in total. The van der Waals surface area contributed by atoms with E-state index in [0.717, 1.165) is 16.4 Å². The second-order valence-electron chi connectivity index (χ2n) is 4.95. The van der Waals surface area contributed by atoms with Crippen LogP contribution in [0.25, 0.3) is 0 Å². The second kappa shape index (κ2) is 6.76. The number of carboxylic acids is 1. The van der Waals surface area contributed by atoms with Crippen molar-refractivity contribution in [3.63, 3.8) is 0 Å². The summed E-state index contributed by atoms with van der Waals surface area (Å²) in [6.45, 7) is 0. The molecule has 1 aliphatic rings. The molecule has 6 heteroatoms. The van der Waals surface area contributed by atoms with Gasteiger partial charge >= 0.3 is 5.97 Å². The van der Waals surface area contributed by atoms with E-state index in [1.807, 2.05) is 0 Å². The number of halogens is 2. The Morgan fingerprint density at radius 3 is 2.50 bits per heavy atom. The maximum Gasteiger partial charge on any atom is 0.307 e. The van der Waals surface area contributed by atoms with Crippen LogP contribution in [-0.4, -0.2) is 17.0 Å². The third-order valence-corrected chi connectivity index (χ3v) is 4.74. The van der Waals surface area contributed by atoms with Crippen molar-refractivity contribution in [3.05, 3.63) is 26.8 Å². The summed E-state index contributed by atoms with van der Waals surface area (Å²) in [7, 11) is 0. The highest BCUT2D eigenvalue weighted by molar-refractivity contribution is 14.1. The average molecular weight is 408 g/mol. The van der Waals surface area contributed by atoms with Gasteiger partial charge in [0, 0.05) is 8.59 Å².